The molecule has 0 unspecified atom stereocenters. The van der Waals surface area contributed by atoms with E-state index in [0.29, 0.717) is 4.88 Å². The molecule has 0 saturated carbocycles. The fourth-order valence-electron chi connectivity index (χ4n) is 0.593. The van der Waals surface area contributed by atoms with Crippen LogP contribution in [0.4, 0.5) is 13.2 Å². The Morgan fingerprint density at radius 3 is 2.75 bits per heavy atom. The predicted octanol–water partition coefficient (Wildman–Crippen LogP) is 1.19. The first-order valence-corrected chi connectivity index (χ1v) is 3.89. The van der Waals surface area contributed by atoms with Gasteiger partial charge in [0.25, 0.3) is 0 Å². The van der Waals surface area contributed by atoms with E-state index in [0.717, 1.165) is 11.5 Å². The molecule has 7 heteroatoms. The number of alkyl halides is 3. The fraction of sp³-hybridized carbons (Fsp3) is 0.600. The molecule has 1 rings (SSSR count). The molecule has 0 aromatic carbocycles. The molecule has 0 bridgehead atoms. The van der Waals surface area contributed by atoms with Crippen LogP contribution < -0.4 is 5.32 Å². The van der Waals surface area contributed by atoms with Crippen molar-refractivity contribution in [2.45, 2.75) is 12.7 Å². The van der Waals surface area contributed by atoms with Crippen LogP contribution in [-0.2, 0) is 6.54 Å². The maximum Gasteiger partial charge on any atom is 0.401 e. The monoisotopic (exact) mass is 197 g/mol. The third-order valence-corrected chi connectivity index (χ3v) is 1.69. The van der Waals surface area contributed by atoms with Gasteiger partial charge in [0.2, 0.25) is 0 Å². The summed E-state index contributed by atoms with van der Waals surface area (Å²) in [5, 5.41) is 5.72. The van der Waals surface area contributed by atoms with E-state index in [1.165, 1.54) is 6.20 Å². The second-order valence-electron chi connectivity index (χ2n) is 2.10. The van der Waals surface area contributed by atoms with Gasteiger partial charge in [-0.25, -0.2) is 0 Å². The van der Waals surface area contributed by atoms with E-state index >= 15 is 0 Å². The van der Waals surface area contributed by atoms with Gasteiger partial charge in [-0.1, -0.05) is 4.49 Å². The average Bonchev–Trinajstić information content (AvgIpc) is 2.36. The molecule has 1 heterocycles. The largest absolute Gasteiger partial charge is 0.401 e. The zero-order chi connectivity index (χ0) is 9.03. The van der Waals surface area contributed by atoms with Crippen LogP contribution in [0.5, 0.6) is 0 Å². The van der Waals surface area contributed by atoms with Gasteiger partial charge in [0, 0.05) is 6.54 Å². The minimum atomic E-state index is -4.15. The number of nitrogens with one attached hydrogen (secondary N) is 1. The number of rotatable bonds is 3. The maximum atomic E-state index is 11.6. The lowest BCUT2D eigenvalue weighted by Crippen LogP contribution is -2.27. The summed E-state index contributed by atoms with van der Waals surface area (Å²) in [7, 11) is 0. The predicted molar refractivity (Wildman–Crippen MR) is 37.7 cm³/mol. The molecule has 0 aliphatic carbocycles. The van der Waals surface area contributed by atoms with Gasteiger partial charge in [0.1, 0.15) is 0 Å². The third-order valence-electron chi connectivity index (χ3n) is 1.03. The summed E-state index contributed by atoms with van der Waals surface area (Å²) < 4.78 is 38.3. The maximum absolute atomic E-state index is 11.6. The van der Waals surface area contributed by atoms with Crippen LogP contribution in [0.25, 0.3) is 0 Å². The molecule has 0 saturated heterocycles. The number of nitrogens with zero attached hydrogens (tertiary/aromatic N) is 2. The highest BCUT2D eigenvalue weighted by Crippen LogP contribution is 2.12. The van der Waals surface area contributed by atoms with E-state index in [1.807, 2.05) is 0 Å². The van der Waals surface area contributed by atoms with Crippen molar-refractivity contribution >= 4 is 11.5 Å². The second kappa shape index (κ2) is 3.81. The average molecular weight is 197 g/mol. The van der Waals surface area contributed by atoms with Crippen molar-refractivity contribution in [2.24, 2.45) is 0 Å². The van der Waals surface area contributed by atoms with Crippen LogP contribution in [0, 0.1) is 0 Å². The molecule has 0 amide bonds. The molecule has 1 N–H and O–H groups in total. The number of hydrogen-bond acceptors (Lipinski definition) is 4. The molecular formula is C5H6F3N3S. The third kappa shape index (κ3) is 3.63. The Bertz CT molecular complexity index is 220. The van der Waals surface area contributed by atoms with Crippen LogP contribution >= 0.6 is 11.5 Å². The Hall–Kier alpha value is -0.690. The molecule has 3 nitrogen and oxygen atoms in total. The van der Waals surface area contributed by atoms with Crippen molar-refractivity contribution in [3.05, 3.63) is 11.1 Å². The molecule has 0 aliphatic heterocycles. The van der Waals surface area contributed by atoms with Gasteiger partial charge in [0.05, 0.1) is 17.6 Å². The van der Waals surface area contributed by atoms with Crippen LogP contribution in [0.2, 0.25) is 0 Å². The Labute approximate surface area is 70.8 Å². The van der Waals surface area contributed by atoms with Gasteiger partial charge in [-0.2, -0.15) is 13.2 Å². The van der Waals surface area contributed by atoms with Crippen molar-refractivity contribution in [1.29, 1.82) is 0 Å². The Kier molecular flexibility index (Phi) is 2.99. The zero-order valence-corrected chi connectivity index (χ0v) is 6.74. The van der Waals surface area contributed by atoms with Gasteiger partial charge in [-0.05, 0) is 11.5 Å². The van der Waals surface area contributed by atoms with E-state index in [2.05, 4.69) is 14.9 Å². The first-order valence-electron chi connectivity index (χ1n) is 3.11. The van der Waals surface area contributed by atoms with Crippen molar-refractivity contribution in [2.75, 3.05) is 6.54 Å². The summed E-state index contributed by atoms with van der Waals surface area (Å²) in [4.78, 5) is 0.694. The lowest BCUT2D eigenvalue weighted by atomic mass is 10.5. The lowest BCUT2D eigenvalue weighted by Gasteiger charge is -2.05. The van der Waals surface area contributed by atoms with Gasteiger partial charge in [-0.3, -0.25) is 0 Å². The van der Waals surface area contributed by atoms with E-state index in [4.69, 9.17) is 0 Å². The first-order chi connectivity index (χ1) is 5.58. The quantitative estimate of drug-likeness (QED) is 0.790. The van der Waals surface area contributed by atoms with Gasteiger partial charge in [-0.15, -0.1) is 5.10 Å². The van der Waals surface area contributed by atoms with E-state index in [9.17, 15) is 13.2 Å². The molecule has 1 aromatic heterocycles. The molecule has 12 heavy (non-hydrogen) atoms. The van der Waals surface area contributed by atoms with E-state index in [-0.39, 0.29) is 6.54 Å². The van der Waals surface area contributed by atoms with Gasteiger partial charge < -0.3 is 5.32 Å². The number of halogens is 3. The standard InChI is InChI=1S/C5H6F3N3S/c6-5(7,8)3-9-1-4-2-10-11-12-4/h2,9H,1,3H2. The molecule has 0 aliphatic rings. The topological polar surface area (TPSA) is 37.8 Å². The van der Waals surface area contributed by atoms with Crippen LogP contribution in [0.3, 0.4) is 0 Å². The number of hydrogen-bond donors (Lipinski definition) is 1. The molecule has 0 atom stereocenters. The fourth-order valence-corrected chi connectivity index (χ4v) is 1.05. The summed E-state index contributed by atoms with van der Waals surface area (Å²) in [6.45, 7) is -0.817. The smallest absolute Gasteiger partial charge is 0.304 e. The van der Waals surface area contributed by atoms with Crippen LogP contribution in [0.15, 0.2) is 6.20 Å². The molecular weight excluding hydrogens is 191 g/mol. The highest BCUT2D eigenvalue weighted by molar-refractivity contribution is 7.05. The SMILES string of the molecule is FC(F)(F)CNCc1cnns1. The molecule has 0 spiro atoms. The first kappa shape index (κ1) is 9.40. The lowest BCUT2D eigenvalue weighted by molar-refractivity contribution is -0.125. The molecule has 68 valence electrons. The summed E-state index contributed by atoms with van der Waals surface area (Å²) in [6, 6.07) is 0. The molecule has 1 aromatic rings. The molecule has 0 fully saturated rings. The minimum absolute atomic E-state index is 0.164. The summed E-state index contributed by atoms with van der Waals surface area (Å²) in [6.07, 6.45) is -2.72. The zero-order valence-electron chi connectivity index (χ0n) is 5.93. The van der Waals surface area contributed by atoms with Crippen LogP contribution in [0.1, 0.15) is 4.88 Å². The van der Waals surface area contributed by atoms with Gasteiger partial charge >= 0.3 is 6.18 Å². The highest BCUT2D eigenvalue weighted by atomic mass is 32.1. The second-order valence-corrected chi connectivity index (χ2v) is 2.97. The Morgan fingerprint density at radius 1 is 1.50 bits per heavy atom. The molecule has 0 radical (unpaired) electrons. The van der Waals surface area contributed by atoms with E-state index in [1.54, 1.807) is 0 Å². The summed E-state index contributed by atoms with van der Waals surface area (Å²) in [5.74, 6) is 0. The van der Waals surface area contributed by atoms with Crippen molar-refractivity contribution < 1.29 is 13.2 Å². The minimum Gasteiger partial charge on any atom is -0.304 e. The van der Waals surface area contributed by atoms with Gasteiger partial charge in [0.15, 0.2) is 0 Å². The van der Waals surface area contributed by atoms with Crippen molar-refractivity contribution in [3.8, 4) is 0 Å². The summed E-state index contributed by atoms with van der Waals surface area (Å²) >= 11 is 1.08. The van der Waals surface area contributed by atoms with Crippen molar-refractivity contribution in [1.82, 2.24) is 14.9 Å². The Balaban J connectivity index is 2.20. The van der Waals surface area contributed by atoms with Crippen molar-refractivity contribution in [3.63, 3.8) is 0 Å². The van der Waals surface area contributed by atoms with E-state index < -0.39 is 12.7 Å². The Morgan fingerprint density at radius 2 is 2.25 bits per heavy atom. The number of aromatic nitrogens is 2. The normalized spacial score (nSPS) is 11.9. The van der Waals surface area contributed by atoms with Crippen LogP contribution in [-0.4, -0.2) is 22.3 Å². The highest BCUT2D eigenvalue weighted by Gasteiger charge is 2.26. The summed E-state index contributed by atoms with van der Waals surface area (Å²) in [5.41, 5.74) is 0.